The highest BCUT2D eigenvalue weighted by atomic mass is 16.2. The van der Waals surface area contributed by atoms with Gasteiger partial charge in [-0.25, -0.2) is 5.01 Å². The summed E-state index contributed by atoms with van der Waals surface area (Å²) in [6, 6.07) is 8.37. The molecule has 0 saturated heterocycles. The predicted molar refractivity (Wildman–Crippen MR) is 79.8 cm³/mol. The van der Waals surface area contributed by atoms with Gasteiger partial charge in [0.1, 0.15) is 6.54 Å². The molecule has 1 aliphatic carbocycles. The highest BCUT2D eigenvalue weighted by Crippen LogP contribution is 2.19. The van der Waals surface area contributed by atoms with Gasteiger partial charge in [0.25, 0.3) is 0 Å². The first-order valence-electron chi connectivity index (χ1n) is 7.36. The van der Waals surface area contributed by atoms with Crippen molar-refractivity contribution in [2.24, 2.45) is 5.10 Å². The van der Waals surface area contributed by atoms with E-state index in [-0.39, 0.29) is 18.4 Å². The molecule has 1 heterocycles. The summed E-state index contributed by atoms with van der Waals surface area (Å²) in [7, 11) is 0. The smallest absolute Gasteiger partial charge is 0.243 e. The maximum atomic E-state index is 11.9. The Labute approximate surface area is 124 Å². The summed E-state index contributed by atoms with van der Waals surface area (Å²) in [6.45, 7) is 2.05. The molecule has 21 heavy (non-hydrogen) atoms. The summed E-state index contributed by atoms with van der Waals surface area (Å²) < 4.78 is 0. The first-order chi connectivity index (χ1) is 10.1. The molecule has 1 N–H and O–H groups in total. The number of carbonyl (C=O) groups is 2. The van der Waals surface area contributed by atoms with E-state index in [2.05, 4.69) is 10.4 Å². The summed E-state index contributed by atoms with van der Waals surface area (Å²) in [5.41, 5.74) is 3.07. The fraction of sp³-hybridized carbons (Fsp3) is 0.438. The number of nitrogens with zero attached hydrogens (tertiary/aromatic N) is 2. The van der Waals surface area contributed by atoms with Crippen molar-refractivity contribution in [2.75, 3.05) is 6.54 Å². The number of hydrazone groups is 1. The highest BCUT2D eigenvalue weighted by Gasteiger charge is 2.27. The van der Waals surface area contributed by atoms with Crippen molar-refractivity contribution >= 4 is 17.5 Å². The molecule has 5 heteroatoms. The Kier molecular flexibility index (Phi) is 3.73. The molecular weight excluding hydrogens is 266 g/mol. The first-order valence-corrected chi connectivity index (χ1v) is 7.36. The first kappa shape index (κ1) is 13.8. The molecule has 3 rings (SSSR count). The molecule has 1 aromatic carbocycles. The maximum absolute atomic E-state index is 11.9. The number of hydrogen-bond donors (Lipinski definition) is 1. The van der Waals surface area contributed by atoms with Crippen LogP contribution in [0.15, 0.2) is 29.4 Å². The van der Waals surface area contributed by atoms with E-state index < -0.39 is 0 Å². The molecule has 1 saturated carbocycles. The lowest BCUT2D eigenvalue weighted by Gasteiger charge is -2.23. The Morgan fingerprint density at radius 1 is 1.29 bits per heavy atom. The molecule has 2 amide bonds. The Bertz CT molecular complexity index is 588. The number of nitrogens with one attached hydrogen (secondary N) is 1. The van der Waals surface area contributed by atoms with Crippen LogP contribution in [-0.4, -0.2) is 35.1 Å². The van der Waals surface area contributed by atoms with Gasteiger partial charge in [0.15, 0.2) is 0 Å². The van der Waals surface area contributed by atoms with Gasteiger partial charge >= 0.3 is 0 Å². The third-order valence-corrected chi connectivity index (χ3v) is 3.73. The zero-order valence-electron chi connectivity index (χ0n) is 12.1. The number of carbonyl (C=O) groups excluding carboxylic acids is 2. The molecule has 0 unspecified atom stereocenters. The number of aryl methyl sites for hydroxylation is 1. The van der Waals surface area contributed by atoms with E-state index in [1.54, 1.807) is 0 Å². The maximum Gasteiger partial charge on any atom is 0.243 e. The van der Waals surface area contributed by atoms with Crippen LogP contribution in [0.2, 0.25) is 0 Å². The molecule has 0 spiro atoms. The average Bonchev–Trinajstić information content (AvgIpc) is 3.26. The van der Waals surface area contributed by atoms with E-state index in [1.807, 2.05) is 31.2 Å². The molecule has 0 atom stereocenters. The van der Waals surface area contributed by atoms with Crippen LogP contribution in [-0.2, 0) is 9.59 Å². The van der Waals surface area contributed by atoms with Crippen LogP contribution < -0.4 is 5.32 Å². The van der Waals surface area contributed by atoms with Gasteiger partial charge in [0.2, 0.25) is 11.8 Å². The minimum Gasteiger partial charge on any atom is -0.352 e. The van der Waals surface area contributed by atoms with Gasteiger partial charge in [0.05, 0.1) is 5.71 Å². The lowest BCUT2D eigenvalue weighted by Crippen LogP contribution is -2.41. The van der Waals surface area contributed by atoms with Gasteiger partial charge in [-0.05, 0) is 25.3 Å². The number of hydrogen-bond acceptors (Lipinski definition) is 3. The Balaban J connectivity index is 1.72. The van der Waals surface area contributed by atoms with E-state index in [4.69, 9.17) is 0 Å². The van der Waals surface area contributed by atoms with E-state index in [1.165, 1.54) is 10.6 Å². The van der Waals surface area contributed by atoms with Crippen molar-refractivity contribution < 1.29 is 9.59 Å². The summed E-state index contributed by atoms with van der Waals surface area (Å²) in [6.07, 6.45) is 3.11. The van der Waals surface area contributed by atoms with Crippen LogP contribution in [0, 0.1) is 6.92 Å². The van der Waals surface area contributed by atoms with Crippen molar-refractivity contribution in [1.82, 2.24) is 10.3 Å². The molecule has 1 aromatic rings. The molecule has 5 nitrogen and oxygen atoms in total. The fourth-order valence-electron chi connectivity index (χ4n) is 2.31. The standard InChI is InChI=1S/C16H19N3O2/c1-11-2-4-12(5-3-11)14-8-9-16(21)19(18-14)10-15(20)17-13-6-7-13/h2-5,13H,6-10H2,1H3,(H,17,20). The largest absolute Gasteiger partial charge is 0.352 e. The van der Waals surface area contributed by atoms with Crippen LogP contribution in [0.1, 0.15) is 36.8 Å². The van der Waals surface area contributed by atoms with Crippen molar-refractivity contribution in [3.05, 3.63) is 35.4 Å². The topological polar surface area (TPSA) is 61.8 Å². The molecule has 110 valence electrons. The predicted octanol–water partition coefficient (Wildman–Crippen LogP) is 1.60. The Morgan fingerprint density at radius 2 is 2.00 bits per heavy atom. The number of benzene rings is 1. The highest BCUT2D eigenvalue weighted by molar-refractivity contribution is 6.04. The monoisotopic (exact) mass is 285 g/mol. The van der Waals surface area contributed by atoms with Gasteiger partial charge < -0.3 is 5.32 Å². The summed E-state index contributed by atoms with van der Waals surface area (Å²) >= 11 is 0. The minimum absolute atomic E-state index is 0.0185. The second-order valence-electron chi connectivity index (χ2n) is 5.71. The Morgan fingerprint density at radius 3 is 2.67 bits per heavy atom. The van der Waals surface area contributed by atoms with Gasteiger partial charge in [-0.3, -0.25) is 9.59 Å². The molecule has 0 radical (unpaired) electrons. The summed E-state index contributed by atoms with van der Waals surface area (Å²) in [5.74, 6) is -0.212. The van der Waals surface area contributed by atoms with Crippen molar-refractivity contribution in [1.29, 1.82) is 0 Å². The van der Waals surface area contributed by atoms with E-state index in [9.17, 15) is 9.59 Å². The van der Waals surface area contributed by atoms with Crippen LogP contribution in [0.5, 0.6) is 0 Å². The van der Waals surface area contributed by atoms with E-state index >= 15 is 0 Å². The quantitative estimate of drug-likeness (QED) is 0.913. The fourth-order valence-corrected chi connectivity index (χ4v) is 2.31. The van der Waals surface area contributed by atoms with Crippen molar-refractivity contribution in [3.8, 4) is 0 Å². The third kappa shape index (κ3) is 3.48. The van der Waals surface area contributed by atoms with Gasteiger partial charge in [0, 0.05) is 18.9 Å². The molecule has 1 fully saturated rings. The second kappa shape index (κ2) is 5.68. The van der Waals surface area contributed by atoms with Crippen LogP contribution >= 0.6 is 0 Å². The summed E-state index contributed by atoms with van der Waals surface area (Å²) in [4.78, 5) is 23.7. The normalized spacial score (nSPS) is 18.4. The van der Waals surface area contributed by atoms with E-state index in [0.717, 1.165) is 24.1 Å². The SMILES string of the molecule is Cc1ccc(C2=NN(CC(=O)NC3CC3)C(=O)CC2)cc1. The van der Waals surface area contributed by atoms with Crippen LogP contribution in [0.3, 0.4) is 0 Å². The van der Waals surface area contributed by atoms with Gasteiger partial charge in [-0.2, -0.15) is 5.10 Å². The van der Waals surface area contributed by atoms with Crippen LogP contribution in [0.25, 0.3) is 0 Å². The molecule has 2 aliphatic rings. The average molecular weight is 285 g/mol. The number of rotatable bonds is 4. The zero-order chi connectivity index (χ0) is 14.8. The molecule has 1 aliphatic heterocycles. The van der Waals surface area contributed by atoms with E-state index in [0.29, 0.717) is 18.9 Å². The molecular formula is C16H19N3O2. The van der Waals surface area contributed by atoms with Gasteiger partial charge in [-0.1, -0.05) is 29.8 Å². The zero-order valence-corrected chi connectivity index (χ0v) is 12.1. The van der Waals surface area contributed by atoms with Crippen molar-refractivity contribution in [2.45, 2.75) is 38.6 Å². The summed E-state index contributed by atoms with van der Waals surface area (Å²) in [5, 5.41) is 8.55. The molecule has 0 bridgehead atoms. The number of amides is 2. The molecule has 0 aromatic heterocycles. The second-order valence-corrected chi connectivity index (χ2v) is 5.71. The lowest BCUT2D eigenvalue weighted by molar-refractivity contribution is -0.136. The minimum atomic E-state index is -0.125. The van der Waals surface area contributed by atoms with Crippen molar-refractivity contribution in [3.63, 3.8) is 0 Å². The van der Waals surface area contributed by atoms with Crippen LogP contribution in [0.4, 0.5) is 0 Å². The Hall–Kier alpha value is -2.17. The lowest BCUT2D eigenvalue weighted by atomic mass is 10.0. The third-order valence-electron chi connectivity index (χ3n) is 3.73. The van der Waals surface area contributed by atoms with Gasteiger partial charge in [-0.15, -0.1) is 0 Å².